The highest BCUT2D eigenvalue weighted by atomic mass is 32.2. The van der Waals surface area contributed by atoms with Gasteiger partial charge in [-0.3, -0.25) is 0 Å². The fourth-order valence-corrected chi connectivity index (χ4v) is 2.93. The van der Waals surface area contributed by atoms with E-state index in [1.165, 1.54) is 10.9 Å². The summed E-state index contributed by atoms with van der Waals surface area (Å²) in [6.07, 6.45) is 2.13. The summed E-state index contributed by atoms with van der Waals surface area (Å²) in [6.45, 7) is 5.41. The Morgan fingerprint density at radius 2 is 2.16 bits per heavy atom. The number of hydrogen-bond donors (Lipinski definition) is 2. The largest absolute Gasteiger partial charge is 0.381 e. The van der Waals surface area contributed by atoms with Crippen LogP contribution >= 0.6 is 0 Å². The van der Waals surface area contributed by atoms with Crippen molar-refractivity contribution >= 4 is 15.8 Å². The summed E-state index contributed by atoms with van der Waals surface area (Å²) in [5, 5.41) is 0.0183. The van der Waals surface area contributed by atoms with Crippen molar-refractivity contribution in [2.45, 2.75) is 31.3 Å². The molecule has 0 atom stereocenters. The van der Waals surface area contributed by atoms with Crippen LogP contribution < -0.4 is 10.5 Å². The molecule has 1 heterocycles. The van der Waals surface area contributed by atoms with E-state index in [0.717, 1.165) is 13.0 Å². The molecule has 19 heavy (non-hydrogen) atoms. The number of nitrogens with one attached hydrogen (secondary N) is 1. The Labute approximate surface area is 114 Å². The highest BCUT2D eigenvalue weighted by Gasteiger charge is 2.21. The molecule has 7 nitrogen and oxygen atoms in total. The van der Waals surface area contributed by atoms with Crippen LogP contribution in [0.1, 0.15) is 20.3 Å². The summed E-state index contributed by atoms with van der Waals surface area (Å²) in [6, 6.07) is 0.448. The SMILES string of the molecule is CC(C)N(C)CCCNS(=O)(=O)c1c(N)ncn1C. The molecule has 0 radical (unpaired) electrons. The number of nitrogen functional groups attached to an aromatic ring is 1. The minimum absolute atomic E-state index is 0.0183. The average molecular weight is 289 g/mol. The molecule has 3 N–H and O–H groups in total. The van der Waals surface area contributed by atoms with Crippen LogP contribution in [0.5, 0.6) is 0 Å². The second-order valence-electron chi connectivity index (χ2n) is 4.87. The van der Waals surface area contributed by atoms with Gasteiger partial charge in [0, 0.05) is 19.6 Å². The smallest absolute Gasteiger partial charge is 0.260 e. The summed E-state index contributed by atoms with van der Waals surface area (Å²) in [5.41, 5.74) is 5.56. The molecule has 0 bridgehead atoms. The van der Waals surface area contributed by atoms with Crippen LogP contribution in [0, 0.1) is 0 Å². The molecule has 110 valence electrons. The Balaban J connectivity index is 2.54. The summed E-state index contributed by atoms with van der Waals surface area (Å²) >= 11 is 0. The van der Waals surface area contributed by atoms with Gasteiger partial charge < -0.3 is 15.2 Å². The molecule has 8 heteroatoms. The quantitative estimate of drug-likeness (QED) is 0.690. The van der Waals surface area contributed by atoms with E-state index in [-0.39, 0.29) is 10.8 Å². The van der Waals surface area contributed by atoms with E-state index < -0.39 is 10.0 Å². The Morgan fingerprint density at radius 3 is 2.63 bits per heavy atom. The minimum atomic E-state index is -3.59. The number of aryl methyl sites for hydroxylation is 1. The first-order valence-electron chi connectivity index (χ1n) is 6.22. The van der Waals surface area contributed by atoms with Gasteiger partial charge in [-0.05, 0) is 33.9 Å². The average Bonchev–Trinajstić information content (AvgIpc) is 2.64. The summed E-state index contributed by atoms with van der Waals surface area (Å²) in [5.74, 6) is 0.0225. The first-order chi connectivity index (χ1) is 8.75. The number of sulfonamides is 1. The van der Waals surface area contributed by atoms with Gasteiger partial charge in [-0.1, -0.05) is 0 Å². The minimum Gasteiger partial charge on any atom is -0.381 e. The van der Waals surface area contributed by atoms with E-state index in [1.54, 1.807) is 7.05 Å². The summed E-state index contributed by atoms with van der Waals surface area (Å²) in [4.78, 5) is 5.93. The molecule has 0 aliphatic heterocycles. The maximum atomic E-state index is 12.0. The third-order valence-corrected chi connectivity index (χ3v) is 4.62. The van der Waals surface area contributed by atoms with E-state index in [2.05, 4.69) is 28.5 Å². The first kappa shape index (κ1) is 15.9. The fourth-order valence-electron chi connectivity index (χ4n) is 1.63. The molecule has 0 aliphatic rings. The predicted molar refractivity (Wildman–Crippen MR) is 75.2 cm³/mol. The van der Waals surface area contributed by atoms with Crippen LogP contribution in [-0.2, 0) is 17.1 Å². The molecule has 1 rings (SSSR count). The van der Waals surface area contributed by atoms with E-state index >= 15 is 0 Å². The van der Waals surface area contributed by atoms with Gasteiger partial charge in [0.2, 0.25) is 0 Å². The zero-order valence-corrected chi connectivity index (χ0v) is 12.7. The van der Waals surface area contributed by atoms with Crippen LogP contribution in [0.4, 0.5) is 5.82 Å². The van der Waals surface area contributed by atoms with Crippen molar-refractivity contribution < 1.29 is 8.42 Å². The van der Waals surface area contributed by atoms with Crippen LogP contribution in [0.3, 0.4) is 0 Å². The molecular weight excluding hydrogens is 266 g/mol. The molecule has 0 unspecified atom stereocenters. The molecule has 0 spiro atoms. The van der Waals surface area contributed by atoms with Gasteiger partial charge in [0.25, 0.3) is 10.0 Å². The van der Waals surface area contributed by atoms with Crippen molar-refractivity contribution in [2.75, 3.05) is 25.9 Å². The Hall–Kier alpha value is -1.12. The molecule has 0 saturated carbocycles. The lowest BCUT2D eigenvalue weighted by molar-refractivity contribution is 0.271. The highest BCUT2D eigenvalue weighted by molar-refractivity contribution is 7.89. The van der Waals surface area contributed by atoms with Gasteiger partial charge in [0.15, 0.2) is 10.8 Å². The van der Waals surface area contributed by atoms with E-state index in [0.29, 0.717) is 12.6 Å². The van der Waals surface area contributed by atoms with Crippen LogP contribution in [0.15, 0.2) is 11.4 Å². The summed E-state index contributed by atoms with van der Waals surface area (Å²) in [7, 11) is 0.0243. The van der Waals surface area contributed by atoms with Crippen molar-refractivity contribution in [3.05, 3.63) is 6.33 Å². The number of rotatable bonds is 7. The number of aromatic nitrogens is 2. The van der Waals surface area contributed by atoms with Gasteiger partial charge in [-0.25, -0.2) is 18.1 Å². The van der Waals surface area contributed by atoms with Gasteiger partial charge in [-0.15, -0.1) is 0 Å². The first-order valence-corrected chi connectivity index (χ1v) is 7.70. The lowest BCUT2D eigenvalue weighted by Gasteiger charge is -2.20. The molecule has 1 aromatic heterocycles. The topological polar surface area (TPSA) is 93.2 Å². The van der Waals surface area contributed by atoms with E-state index in [1.807, 2.05) is 7.05 Å². The molecular formula is C11H23N5O2S. The third-order valence-electron chi connectivity index (χ3n) is 3.03. The number of hydrogen-bond acceptors (Lipinski definition) is 5. The van der Waals surface area contributed by atoms with Gasteiger partial charge in [0.1, 0.15) is 0 Å². The van der Waals surface area contributed by atoms with Crippen molar-refractivity contribution in [3.63, 3.8) is 0 Å². The molecule has 0 fully saturated rings. The lowest BCUT2D eigenvalue weighted by atomic mass is 10.3. The molecule has 1 aromatic rings. The van der Waals surface area contributed by atoms with Crippen LogP contribution in [0.2, 0.25) is 0 Å². The van der Waals surface area contributed by atoms with Gasteiger partial charge in [0.05, 0.1) is 6.33 Å². The van der Waals surface area contributed by atoms with Crippen molar-refractivity contribution in [2.24, 2.45) is 7.05 Å². The predicted octanol–water partition coefficient (Wildman–Crippen LogP) is 0.0109. The fraction of sp³-hybridized carbons (Fsp3) is 0.727. The second-order valence-corrected chi connectivity index (χ2v) is 6.55. The van der Waals surface area contributed by atoms with Gasteiger partial charge >= 0.3 is 0 Å². The van der Waals surface area contributed by atoms with E-state index in [4.69, 9.17) is 5.73 Å². The standard InChI is InChI=1S/C11H23N5O2S/c1-9(2)15(3)7-5-6-14-19(17,18)11-10(12)13-8-16(11)4/h8-9,14H,5-7,12H2,1-4H3. The number of anilines is 1. The molecule has 0 amide bonds. The van der Waals surface area contributed by atoms with Crippen molar-refractivity contribution in [3.8, 4) is 0 Å². The Bertz CT molecular complexity index is 490. The van der Waals surface area contributed by atoms with Crippen molar-refractivity contribution in [1.82, 2.24) is 19.2 Å². The zero-order chi connectivity index (χ0) is 14.6. The highest BCUT2D eigenvalue weighted by Crippen LogP contribution is 2.14. The Morgan fingerprint density at radius 1 is 1.53 bits per heavy atom. The number of nitrogens with zero attached hydrogens (tertiary/aromatic N) is 3. The maximum absolute atomic E-state index is 12.0. The number of imidazole rings is 1. The normalized spacial score (nSPS) is 12.5. The Kier molecular flexibility index (Phi) is 5.33. The molecule has 0 saturated heterocycles. The van der Waals surface area contributed by atoms with Crippen LogP contribution in [0.25, 0.3) is 0 Å². The monoisotopic (exact) mass is 289 g/mol. The lowest BCUT2D eigenvalue weighted by Crippen LogP contribution is -2.32. The number of nitrogens with two attached hydrogens (primary N) is 1. The van der Waals surface area contributed by atoms with E-state index in [9.17, 15) is 8.42 Å². The van der Waals surface area contributed by atoms with Crippen LogP contribution in [-0.4, -0.2) is 49.0 Å². The third kappa shape index (κ3) is 4.19. The summed E-state index contributed by atoms with van der Waals surface area (Å²) < 4.78 is 28.0. The van der Waals surface area contributed by atoms with Gasteiger partial charge in [-0.2, -0.15) is 0 Å². The molecule has 0 aliphatic carbocycles. The second kappa shape index (κ2) is 6.36. The zero-order valence-electron chi connectivity index (χ0n) is 11.9. The maximum Gasteiger partial charge on any atom is 0.260 e. The van der Waals surface area contributed by atoms with Crippen molar-refractivity contribution in [1.29, 1.82) is 0 Å². The molecule has 0 aromatic carbocycles.